The number of hydrogen-bond donors (Lipinski definition) is 1. The molecule has 0 spiro atoms. The van der Waals surface area contributed by atoms with E-state index in [1.54, 1.807) is 12.1 Å². The number of fused-ring (bicyclic) bond motifs is 1. The van der Waals surface area contributed by atoms with Gasteiger partial charge in [-0.2, -0.15) is 4.98 Å². The molecule has 2 aromatic heterocycles. The molecule has 0 saturated carbocycles. The molecule has 31 heavy (non-hydrogen) atoms. The van der Waals surface area contributed by atoms with Crippen LogP contribution in [0, 0.1) is 6.92 Å². The number of hydrogen-bond acceptors (Lipinski definition) is 6. The van der Waals surface area contributed by atoms with Gasteiger partial charge in [-0.15, -0.1) is 0 Å². The summed E-state index contributed by atoms with van der Waals surface area (Å²) < 4.78 is 1.69. The number of carbonyl (C=O) groups excluding carboxylic acids is 1. The Morgan fingerprint density at radius 1 is 1.23 bits per heavy atom. The van der Waals surface area contributed by atoms with Crippen LogP contribution >= 0.6 is 22.9 Å². The van der Waals surface area contributed by atoms with Crippen molar-refractivity contribution in [1.82, 2.24) is 14.5 Å². The second-order valence-electron chi connectivity index (χ2n) is 7.20. The van der Waals surface area contributed by atoms with Crippen LogP contribution in [0.4, 0.5) is 10.8 Å². The molecule has 0 aliphatic heterocycles. The van der Waals surface area contributed by atoms with E-state index < -0.39 is 0 Å². The second kappa shape index (κ2) is 8.87. The van der Waals surface area contributed by atoms with Crippen LogP contribution in [0.3, 0.4) is 0 Å². The topological polar surface area (TPSA) is 80.1 Å². The first-order valence-electron chi connectivity index (χ1n) is 9.58. The van der Waals surface area contributed by atoms with Gasteiger partial charge in [-0.3, -0.25) is 14.2 Å². The molecule has 1 N–H and O–H groups in total. The van der Waals surface area contributed by atoms with E-state index in [0.29, 0.717) is 32.7 Å². The van der Waals surface area contributed by atoms with Crippen molar-refractivity contribution in [2.45, 2.75) is 20.0 Å². The molecule has 2 heterocycles. The smallest absolute Gasteiger partial charge is 0.273 e. The minimum absolute atomic E-state index is 0.168. The Morgan fingerprint density at radius 2 is 2.00 bits per heavy atom. The summed E-state index contributed by atoms with van der Waals surface area (Å²) in [5, 5.41) is 3.87. The predicted molar refractivity (Wildman–Crippen MR) is 125 cm³/mol. The molecule has 158 valence electrons. The molecule has 4 aromatic rings. The molecule has 0 atom stereocenters. The van der Waals surface area contributed by atoms with Crippen molar-refractivity contribution in [3.05, 3.63) is 81.4 Å². The highest BCUT2D eigenvalue weighted by molar-refractivity contribution is 7.22. The summed E-state index contributed by atoms with van der Waals surface area (Å²) in [6, 6.07) is 15.4. The van der Waals surface area contributed by atoms with Crippen LogP contribution in [-0.4, -0.2) is 27.5 Å². The molecule has 0 unspecified atom stereocenters. The highest BCUT2D eigenvalue weighted by Crippen LogP contribution is 2.26. The van der Waals surface area contributed by atoms with E-state index in [4.69, 9.17) is 11.6 Å². The highest BCUT2D eigenvalue weighted by Gasteiger charge is 2.15. The van der Waals surface area contributed by atoms with Crippen LogP contribution < -0.4 is 15.8 Å². The van der Waals surface area contributed by atoms with Gasteiger partial charge in [0.2, 0.25) is 5.91 Å². The summed E-state index contributed by atoms with van der Waals surface area (Å²) in [5.41, 5.74) is 2.71. The van der Waals surface area contributed by atoms with Gasteiger partial charge in [-0.05, 0) is 30.2 Å². The third-order valence-electron chi connectivity index (χ3n) is 4.67. The van der Waals surface area contributed by atoms with Crippen LogP contribution in [0.15, 0.2) is 59.7 Å². The summed E-state index contributed by atoms with van der Waals surface area (Å²) in [6.45, 7) is 2.41. The normalized spacial score (nSPS) is 10.9. The average molecular weight is 454 g/mol. The molecule has 4 rings (SSSR count). The number of aryl methyl sites for hydroxylation is 1. The molecule has 0 radical (unpaired) electrons. The van der Waals surface area contributed by atoms with Gasteiger partial charge < -0.3 is 10.2 Å². The molecule has 0 bridgehead atoms. The summed E-state index contributed by atoms with van der Waals surface area (Å²) in [4.78, 5) is 36.1. The lowest BCUT2D eigenvalue weighted by atomic mass is 10.2. The van der Waals surface area contributed by atoms with E-state index in [1.807, 2.05) is 55.3 Å². The SMILES string of the molecule is Cc1ccc(NC(=O)Cn2cnc3nc(N(C)Cc4ccccc4)sc3c2=O)c(Cl)c1. The van der Waals surface area contributed by atoms with E-state index in [2.05, 4.69) is 15.3 Å². The first-order valence-corrected chi connectivity index (χ1v) is 10.8. The predicted octanol–water partition coefficient (Wildman–Crippen LogP) is 4.09. The van der Waals surface area contributed by atoms with Gasteiger partial charge in [0.25, 0.3) is 5.56 Å². The highest BCUT2D eigenvalue weighted by atomic mass is 35.5. The number of halogens is 1. The van der Waals surface area contributed by atoms with Gasteiger partial charge in [0, 0.05) is 13.6 Å². The number of nitrogens with zero attached hydrogens (tertiary/aromatic N) is 4. The van der Waals surface area contributed by atoms with Crippen LogP contribution in [0.25, 0.3) is 10.3 Å². The summed E-state index contributed by atoms with van der Waals surface area (Å²) >= 11 is 7.44. The Morgan fingerprint density at radius 3 is 2.74 bits per heavy atom. The number of nitrogens with one attached hydrogen (secondary N) is 1. The molecular weight excluding hydrogens is 434 g/mol. The molecule has 2 aromatic carbocycles. The van der Waals surface area contributed by atoms with Gasteiger partial charge >= 0.3 is 0 Å². The quantitative estimate of drug-likeness (QED) is 0.475. The molecule has 0 aliphatic carbocycles. The number of rotatable bonds is 6. The largest absolute Gasteiger partial charge is 0.347 e. The zero-order valence-corrected chi connectivity index (χ0v) is 18.6. The van der Waals surface area contributed by atoms with Crippen molar-refractivity contribution >= 4 is 50.0 Å². The molecule has 0 aliphatic rings. The standard InChI is InChI=1S/C22H20ClN5O2S/c1-14-8-9-17(16(23)10-14)25-18(29)12-28-13-24-20-19(21(28)30)31-22(26-20)27(2)11-15-6-4-3-5-7-15/h3-10,13H,11-12H2,1-2H3,(H,25,29). The fourth-order valence-electron chi connectivity index (χ4n) is 3.10. The Kier molecular flexibility index (Phi) is 6.01. The maximum Gasteiger partial charge on any atom is 0.273 e. The van der Waals surface area contributed by atoms with E-state index in [9.17, 15) is 9.59 Å². The average Bonchev–Trinajstić information content (AvgIpc) is 3.18. The van der Waals surface area contributed by atoms with Gasteiger partial charge in [-0.1, -0.05) is 59.3 Å². The second-order valence-corrected chi connectivity index (χ2v) is 8.58. The molecular formula is C22H20ClN5O2S. The first-order chi connectivity index (χ1) is 14.9. The number of carbonyl (C=O) groups is 1. The maximum atomic E-state index is 12.9. The maximum absolute atomic E-state index is 12.9. The Labute approximate surface area is 187 Å². The van der Waals surface area contributed by atoms with Crippen molar-refractivity contribution in [1.29, 1.82) is 0 Å². The van der Waals surface area contributed by atoms with E-state index >= 15 is 0 Å². The Hall–Kier alpha value is -3.23. The lowest BCUT2D eigenvalue weighted by molar-refractivity contribution is -0.116. The van der Waals surface area contributed by atoms with Crippen molar-refractivity contribution in [3.63, 3.8) is 0 Å². The summed E-state index contributed by atoms with van der Waals surface area (Å²) in [7, 11) is 1.92. The molecule has 0 fully saturated rings. The number of anilines is 2. The van der Waals surface area contributed by atoms with E-state index in [1.165, 1.54) is 22.2 Å². The number of thiazole rings is 1. The minimum Gasteiger partial charge on any atom is -0.347 e. The van der Waals surface area contributed by atoms with Crippen molar-refractivity contribution in [2.24, 2.45) is 0 Å². The Balaban J connectivity index is 1.52. The summed E-state index contributed by atoms with van der Waals surface area (Å²) in [5.74, 6) is -0.361. The van der Waals surface area contributed by atoms with Crippen LogP contribution in [-0.2, 0) is 17.9 Å². The molecule has 1 amide bonds. The molecule has 7 nitrogen and oxygen atoms in total. The van der Waals surface area contributed by atoms with E-state index in [-0.39, 0.29) is 18.0 Å². The number of benzene rings is 2. The molecule has 9 heteroatoms. The van der Waals surface area contributed by atoms with Gasteiger partial charge in [0.1, 0.15) is 17.6 Å². The van der Waals surface area contributed by atoms with Gasteiger partial charge in [-0.25, -0.2) is 4.98 Å². The van der Waals surface area contributed by atoms with Crippen molar-refractivity contribution < 1.29 is 4.79 Å². The fraction of sp³-hybridized carbons (Fsp3) is 0.182. The van der Waals surface area contributed by atoms with Crippen molar-refractivity contribution in [2.75, 3.05) is 17.3 Å². The Bertz CT molecular complexity index is 1300. The number of amides is 1. The lowest BCUT2D eigenvalue weighted by Crippen LogP contribution is -2.27. The molecule has 0 saturated heterocycles. The fourth-order valence-corrected chi connectivity index (χ4v) is 4.31. The van der Waals surface area contributed by atoms with Crippen molar-refractivity contribution in [3.8, 4) is 0 Å². The number of aromatic nitrogens is 3. The third kappa shape index (κ3) is 4.76. The first kappa shape index (κ1) is 21.0. The van der Waals surface area contributed by atoms with Crippen LogP contribution in [0.5, 0.6) is 0 Å². The van der Waals surface area contributed by atoms with Gasteiger partial charge in [0.15, 0.2) is 10.8 Å². The zero-order chi connectivity index (χ0) is 22.0. The zero-order valence-electron chi connectivity index (χ0n) is 17.0. The lowest BCUT2D eigenvalue weighted by Gasteiger charge is -2.15. The van der Waals surface area contributed by atoms with E-state index in [0.717, 1.165) is 11.1 Å². The van der Waals surface area contributed by atoms with Crippen LogP contribution in [0.1, 0.15) is 11.1 Å². The monoisotopic (exact) mass is 453 g/mol. The minimum atomic E-state index is -0.361. The summed E-state index contributed by atoms with van der Waals surface area (Å²) in [6.07, 6.45) is 1.35. The van der Waals surface area contributed by atoms with Crippen LogP contribution in [0.2, 0.25) is 5.02 Å². The third-order valence-corrected chi connectivity index (χ3v) is 6.13. The van der Waals surface area contributed by atoms with Gasteiger partial charge in [0.05, 0.1) is 10.7 Å².